The molecule has 1 heterocycles. The molecule has 25 heavy (non-hydrogen) atoms. The van der Waals surface area contributed by atoms with Crippen molar-refractivity contribution >= 4 is 10.8 Å². The van der Waals surface area contributed by atoms with Crippen LogP contribution in [0.2, 0.25) is 0 Å². The van der Waals surface area contributed by atoms with Crippen LogP contribution in [0.15, 0.2) is 72.8 Å². The van der Waals surface area contributed by atoms with Crippen LogP contribution in [-0.4, -0.2) is 12.7 Å². The average Bonchev–Trinajstić information content (AvgIpc) is 2.69. The molecule has 0 radical (unpaired) electrons. The Kier molecular flexibility index (Phi) is 5.10. The molecule has 0 amide bonds. The molecule has 1 aliphatic rings. The van der Waals surface area contributed by atoms with Gasteiger partial charge in [-0.15, -0.1) is 0 Å². The SMILES string of the molecule is c1ccc(COC[C@@H]2CCCC(c3ccc4ccccc4c3)O2)cc1. The molecule has 0 N–H and O–H groups in total. The van der Waals surface area contributed by atoms with Gasteiger partial charge in [0, 0.05) is 0 Å². The van der Waals surface area contributed by atoms with E-state index in [1.54, 1.807) is 0 Å². The molecule has 0 saturated carbocycles. The molecular formula is C23H24O2. The maximum atomic E-state index is 6.33. The Morgan fingerprint density at radius 3 is 2.52 bits per heavy atom. The topological polar surface area (TPSA) is 18.5 Å². The third kappa shape index (κ3) is 4.09. The first kappa shape index (κ1) is 16.3. The van der Waals surface area contributed by atoms with Crippen molar-refractivity contribution in [2.45, 2.75) is 38.1 Å². The summed E-state index contributed by atoms with van der Waals surface area (Å²) in [7, 11) is 0. The third-order valence-corrected chi connectivity index (χ3v) is 4.91. The van der Waals surface area contributed by atoms with Crippen molar-refractivity contribution < 1.29 is 9.47 Å². The molecule has 1 fully saturated rings. The smallest absolute Gasteiger partial charge is 0.0830 e. The van der Waals surface area contributed by atoms with E-state index < -0.39 is 0 Å². The Balaban J connectivity index is 1.36. The van der Waals surface area contributed by atoms with Crippen molar-refractivity contribution in [2.75, 3.05) is 6.61 Å². The van der Waals surface area contributed by atoms with Crippen LogP contribution in [0.25, 0.3) is 10.8 Å². The number of hydrogen-bond acceptors (Lipinski definition) is 2. The zero-order valence-corrected chi connectivity index (χ0v) is 14.4. The molecule has 128 valence electrons. The Morgan fingerprint density at radius 1 is 0.840 bits per heavy atom. The maximum Gasteiger partial charge on any atom is 0.0830 e. The molecular weight excluding hydrogens is 308 g/mol. The zero-order valence-electron chi connectivity index (χ0n) is 14.4. The predicted molar refractivity (Wildman–Crippen MR) is 102 cm³/mol. The second-order valence-corrected chi connectivity index (χ2v) is 6.78. The Labute approximate surface area is 149 Å². The van der Waals surface area contributed by atoms with Gasteiger partial charge in [0.1, 0.15) is 0 Å². The lowest BCUT2D eigenvalue weighted by Crippen LogP contribution is -2.26. The van der Waals surface area contributed by atoms with Crippen LogP contribution in [0.3, 0.4) is 0 Å². The van der Waals surface area contributed by atoms with Crippen LogP contribution in [0.4, 0.5) is 0 Å². The highest BCUT2D eigenvalue weighted by molar-refractivity contribution is 5.83. The summed E-state index contributed by atoms with van der Waals surface area (Å²) in [5.41, 5.74) is 2.50. The van der Waals surface area contributed by atoms with Crippen molar-refractivity contribution in [3.63, 3.8) is 0 Å². The van der Waals surface area contributed by atoms with E-state index in [0.717, 1.165) is 12.8 Å². The average molecular weight is 332 g/mol. The van der Waals surface area contributed by atoms with E-state index in [9.17, 15) is 0 Å². The highest BCUT2D eigenvalue weighted by Gasteiger charge is 2.24. The van der Waals surface area contributed by atoms with E-state index in [2.05, 4.69) is 54.6 Å². The number of benzene rings is 3. The standard InChI is InChI=1S/C23H24O2/c1-2-7-18(8-3-1)16-24-17-22-11-6-12-23(25-22)21-14-13-19-9-4-5-10-20(19)15-21/h1-5,7-10,13-15,22-23H,6,11-12,16-17H2/t22-,23?/m0/s1. The van der Waals surface area contributed by atoms with Gasteiger partial charge in [0.05, 0.1) is 25.4 Å². The normalized spacial score (nSPS) is 20.6. The van der Waals surface area contributed by atoms with Gasteiger partial charge in [-0.05, 0) is 47.2 Å². The Bertz CT molecular complexity index is 812. The first-order valence-corrected chi connectivity index (χ1v) is 9.14. The van der Waals surface area contributed by atoms with Gasteiger partial charge in [-0.2, -0.15) is 0 Å². The predicted octanol–water partition coefficient (Wildman–Crippen LogP) is 5.67. The molecule has 0 aromatic heterocycles. The summed E-state index contributed by atoms with van der Waals surface area (Å²) in [6.45, 7) is 1.32. The Morgan fingerprint density at radius 2 is 1.64 bits per heavy atom. The van der Waals surface area contributed by atoms with Crippen LogP contribution in [-0.2, 0) is 16.1 Å². The molecule has 2 heteroatoms. The monoisotopic (exact) mass is 332 g/mol. The van der Waals surface area contributed by atoms with Crippen LogP contribution in [0, 0.1) is 0 Å². The summed E-state index contributed by atoms with van der Waals surface area (Å²) < 4.78 is 12.2. The molecule has 1 unspecified atom stereocenters. The second-order valence-electron chi connectivity index (χ2n) is 6.78. The van der Waals surface area contributed by atoms with Crippen molar-refractivity contribution in [1.82, 2.24) is 0 Å². The quantitative estimate of drug-likeness (QED) is 0.599. The lowest BCUT2D eigenvalue weighted by atomic mass is 9.96. The summed E-state index contributed by atoms with van der Waals surface area (Å²) in [6, 6.07) is 25.5. The fourth-order valence-electron chi connectivity index (χ4n) is 3.56. The molecule has 3 aromatic carbocycles. The summed E-state index contributed by atoms with van der Waals surface area (Å²) >= 11 is 0. The summed E-state index contributed by atoms with van der Waals surface area (Å²) in [6.07, 6.45) is 3.74. The number of ether oxygens (including phenoxy) is 2. The molecule has 0 spiro atoms. The van der Waals surface area contributed by atoms with E-state index in [4.69, 9.17) is 9.47 Å². The van der Waals surface area contributed by atoms with Crippen LogP contribution in [0.1, 0.15) is 36.5 Å². The van der Waals surface area contributed by atoms with Gasteiger partial charge in [-0.1, -0.05) is 66.7 Å². The first-order chi connectivity index (χ1) is 12.4. The van der Waals surface area contributed by atoms with E-state index in [1.807, 2.05) is 18.2 Å². The number of hydrogen-bond donors (Lipinski definition) is 0. The minimum atomic E-state index is 0.184. The van der Waals surface area contributed by atoms with Gasteiger partial charge in [-0.3, -0.25) is 0 Å². The fraction of sp³-hybridized carbons (Fsp3) is 0.304. The van der Waals surface area contributed by atoms with E-state index in [-0.39, 0.29) is 12.2 Å². The van der Waals surface area contributed by atoms with Crippen molar-refractivity contribution in [1.29, 1.82) is 0 Å². The minimum Gasteiger partial charge on any atom is -0.374 e. The highest BCUT2D eigenvalue weighted by atomic mass is 16.5. The molecule has 2 atom stereocenters. The van der Waals surface area contributed by atoms with E-state index >= 15 is 0 Å². The molecule has 0 aliphatic carbocycles. The summed E-state index contributed by atoms with van der Waals surface area (Å²) in [5.74, 6) is 0. The molecule has 3 aromatic rings. The largest absolute Gasteiger partial charge is 0.374 e. The number of rotatable bonds is 5. The molecule has 4 rings (SSSR count). The van der Waals surface area contributed by atoms with E-state index in [1.165, 1.54) is 28.3 Å². The summed E-state index contributed by atoms with van der Waals surface area (Å²) in [5, 5.41) is 2.57. The Hall–Kier alpha value is -2.16. The van der Waals surface area contributed by atoms with Crippen molar-refractivity contribution in [2.24, 2.45) is 0 Å². The van der Waals surface area contributed by atoms with Gasteiger partial charge >= 0.3 is 0 Å². The minimum absolute atomic E-state index is 0.184. The highest BCUT2D eigenvalue weighted by Crippen LogP contribution is 2.32. The van der Waals surface area contributed by atoms with Gasteiger partial charge in [0.2, 0.25) is 0 Å². The van der Waals surface area contributed by atoms with Gasteiger partial charge < -0.3 is 9.47 Å². The van der Waals surface area contributed by atoms with Crippen LogP contribution in [0.5, 0.6) is 0 Å². The molecule has 0 bridgehead atoms. The fourth-order valence-corrected chi connectivity index (χ4v) is 3.56. The van der Waals surface area contributed by atoms with Gasteiger partial charge in [0.25, 0.3) is 0 Å². The lowest BCUT2D eigenvalue weighted by molar-refractivity contribution is -0.0905. The van der Waals surface area contributed by atoms with Gasteiger partial charge in [-0.25, -0.2) is 0 Å². The zero-order chi connectivity index (χ0) is 16.9. The first-order valence-electron chi connectivity index (χ1n) is 9.14. The van der Waals surface area contributed by atoms with Gasteiger partial charge in [0.15, 0.2) is 0 Å². The van der Waals surface area contributed by atoms with Crippen molar-refractivity contribution in [3.8, 4) is 0 Å². The second kappa shape index (κ2) is 7.81. The molecule has 2 nitrogen and oxygen atoms in total. The maximum absolute atomic E-state index is 6.33. The molecule has 1 aliphatic heterocycles. The van der Waals surface area contributed by atoms with Crippen molar-refractivity contribution in [3.05, 3.63) is 83.9 Å². The summed E-state index contributed by atoms with van der Waals surface area (Å²) in [4.78, 5) is 0. The molecule has 1 saturated heterocycles. The number of fused-ring (bicyclic) bond motifs is 1. The lowest BCUT2D eigenvalue weighted by Gasteiger charge is -2.30. The van der Waals surface area contributed by atoms with E-state index in [0.29, 0.717) is 13.2 Å². The third-order valence-electron chi connectivity index (χ3n) is 4.91. The van der Waals surface area contributed by atoms with Crippen LogP contribution < -0.4 is 0 Å². The van der Waals surface area contributed by atoms with Crippen LogP contribution >= 0.6 is 0 Å².